The summed E-state index contributed by atoms with van der Waals surface area (Å²) in [6.07, 6.45) is 0. The minimum Gasteiger partial charge on any atom is -0.477 e. The highest BCUT2D eigenvalue weighted by Gasteiger charge is 2.21. The number of carbonyl (C=O) groups is 1. The molecule has 0 aliphatic carbocycles. The summed E-state index contributed by atoms with van der Waals surface area (Å²) in [5, 5.41) is 9.00. The van der Waals surface area contributed by atoms with Crippen molar-refractivity contribution < 1.29 is 18.3 Å². The van der Waals surface area contributed by atoms with E-state index in [2.05, 4.69) is 4.72 Å². The van der Waals surface area contributed by atoms with Gasteiger partial charge >= 0.3 is 16.2 Å². The summed E-state index contributed by atoms with van der Waals surface area (Å²) in [6.45, 7) is 3.49. The Balaban J connectivity index is 2.87. The number of hydrogen-bond donors (Lipinski definition) is 2. The van der Waals surface area contributed by atoms with Gasteiger partial charge in [-0.3, -0.25) is 4.72 Å². The van der Waals surface area contributed by atoms with E-state index in [1.54, 1.807) is 13.8 Å². The molecule has 96 valence electrons. The lowest BCUT2D eigenvalue weighted by molar-refractivity contribution is 0.0702. The number of aromatic carboxylic acids is 1. The maximum atomic E-state index is 11.8. The third kappa shape index (κ3) is 3.42. The second-order valence-corrected chi connectivity index (χ2v) is 6.50. The summed E-state index contributed by atoms with van der Waals surface area (Å²) in [7, 11) is -2.17. The first-order valence-electron chi connectivity index (χ1n) is 4.83. The maximum Gasteiger partial charge on any atom is 0.345 e. The standard InChI is InChI=1S/C9H14N2O4S2/c1-6(2)11(3)17(14,15)10-8-5-4-7(16-8)9(12)13/h4-6,10H,1-3H3,(H,12,13). The van der Waals surface area contributed by atoms with Crippen molar-refractivity contribution in [2.24, 2.45) is 0 Å². The van der Waals surface area contributed by atoms with Gasteiger partial charge in [0.15, 0.2) is 0 Å². The molecule has 1 rings (SSSR count). The first-order chi connectivity index (χ1) is 7.74. The first kappa shape index (κ1) is 13.9. The van der Waals surface area contributed by atoms with E-state index in [1.165, 1.54) is 23.5 Å². The van der Waals surface area contributed by atoms with Crippen LogP contribution in [0.5, 0.6) is 0 Å². The van der Waals surface area contributed by atoms with Crippen molar-refractivity contribution in [1.29, 1.82) is 0 Å². The number of carboxylic acid groups (broad SMARTS) is 1. The highest BCUT2D eigenvalue weighted by molar-refractivity contribution is 7.90. The molecule has 1 aromatic heterocycles. The van der Waals surface area contributed by atoms with Crippen LogP contribution in [0.3, 0.4) is 0 Å². The van der Waals surface area contributed by atoms with Crippen molar-refractivity contribution in [1.82, 2.24) is 4.31 Å². The van der Waals surface area contributed by atoms with Crippen LogP contribution in [0.4, 0.5) is 5.00 Å². The predicted octanol–water partition coefficient (Wildman–Crippen LogP) is 1.44. The lowest BCUT2D eigenvalue weighted by Gasteiger charge is -2.20. The van der Waals surface area contributed by atoms with Crippen LogP contribution in [0.15, 0.2) is 12.1 Å². The van der Waals surface area contributed by atoms with Gasteiger partial charge in [0.25, 0.3) is 0 Å². The number of rotatable bonds is 5. The molecule has 8 heteroatoms. The lowest BCUT2D eigenvalue weighted by atomic mass is 10.4. The number of carboxylic acids is 1. The molecule has 0 spiro atoms. The number of nitrogens with zero attached hydrogens (tertiary/aromatic N) is 1. The Labute approximate surface area is 104 Å². The van der Waals surface area contributed by atoms with E-state index in [4.69, 9.17) is 5.11 Å². The normalized spacial score (nSPS) is 12.1. The van der Waals surface area contributed by atoms with Gasteiger partial charge in [-0.15, -0.1) is 11.3 Å². The average molecular weight is 278 g/mol. The second-order valence-electron chi connectivity index (χ2n) is 3.69. The third-order valence-corrected chi connectivity index (χ3v) is 4.93. The first-order valence-corrected chi connectivity index (χ1v) is 7.08. The Kier molecular flexibility index (Phi) is 4.12. The molecule has 0 saturated carbocycles. The van der Waals surface area contributed by atoms with E-state index in [9.17, 15) is 13.2 Å². The van der Waals surface area contributed by atoms with Crippen LogP contribution >= 0.6 is 11.3 Å². The fraction of sp³-hybridized carbons (Fsp3) is 0.444. The van der Waals surface area contributed by atoms with Gasteiger partial charge in [-0.2, -0.15) is 12.7 Å². The molecule has 0 unspecified atom stereocenters. The van der Waals surface area contributed by atoms with Gasteiger partial charge in [-0.05, 0) is 26.0 Å². The molecule has 0 bridgehead atoms. The molecule has 0 radical (unpaired) electrons. The molecule has 17 heavy (non-hydrogen) atoms. The smallest absolute Gasteiger partial charge is 0.345 e. The SMILES string of the molecule is CC(C)N(C)S(=O)(=O)Nc1ccc(C(=O)O)s1. The molecular formula is C9H14N2O4S2. The molecule has 6 nitrogen and oxygen atoms in total. The fourth-order valence-electron chi connectivity index (χ4n) is 0.984. The summed E-state index contributed by atoms with van der Waals surface area (Å²) in [6, 6.07) is 2.62. The van der Waals surface area contributed by atoms with Crippen LogP contribution in [0.1, 0.15) is 23.5 Å². The third-order valence-electron chi connectivity index (χ3n) is 2.15. The Hall–Kier alpha value is -1.12. The predicted molar refractivity (Wildman–Crippen MR) is 66.7 cm³/mol. The minimum absolute atomic E-state index is 0.0925. The van der Waals surface area contributed by atoms with E-state index in [1.807, 2.05) is 0 Å². The van der Waals surface area contributed by atoms with E-state index in [0.717, 1.165) is 11.3 Å². The van der Waals surface area contributed by atoms with E-state index < -0.39 is 16.2 Å². The molecule has 0 aliphatic rings. The number of nitrogens with one attached hydrogen (secondary N) is 1. The van der Waals surface area contributed by atoms with Crippen molar-refractivity contribution in [2.45, 2.75) is 19.9 Å². The van der Waals surface area contributed by atoms with Gasteiger partial charge in [0, 0.05) is 13.1 Å². The molecule has 0 amide bonds. The van der Waals surface area contributed by atoms with E-state index in [0.29, 0.717) is 0 Å². The zero-order valence-corrected chi connectivity index (χ0v) is 11.3. The topological polar surface area (TPSA) is 86.7 Å². The van der Waals surface area contributed by atoms with E-state index >= 15 is 0 Å². The van der Waals surface area contributed by atoms with Crippen molar-refractivity contribution in [2.75, 3.05) is 11.8 Å². The van der Waals surface area contributed by atoms with Crippen LogP contribution in [-0.4, -0.2) is 36.9 Å². The number of thiophene rings is 1. The van der Waals surface area contributed by atoms with Gasteiger partial charge in [-0.25, -0.2) is 4.79 Å². The molecule has 0 saturated heterocycles. The Morgan fingerprint density at radius 1 is 1.47 bits per heavy atom. The van der Waals surface area contributed by atoms with Crippen LogP contribution in [0.2, 0.25) is 0 Å². The van der Waals surface area contributed by atoms with Crippen molar-refractivity contribution in [3.63, 3.8) is 0 Å². The average Bonchev–Trinajstić information content (AvgIpc) is 2.64. The summed E-state index contributed by atoms with van der Waals surface area (Å²) < 4.78 is 27.1. The Morgan fingerprint density at radius 2 is 2.06 bits per heavy atom. The van der Waals surface area contributed by atoms with Crippen molar-refractivity contribution in [3.8, 4) is 0 Å². The highest BCUT2D eigenvalue weighted by atomic mass is 32.2. The molecular weight excluding hydrogens is 264 g/mol. The van der Waals surface area contributed by atoms with Gasteiger partial charge in [0.05, 0.1) is 0 Å². The van der Waals surface area contributed by atoms with Crippen molar-refractivity contribution >= 4 is 32.5 Å². The van der Waals surface area contributed by atoms with Crippen LogP contribution in [0, 0.1) is 0 Å². The highest BCUT2D eigenvalue weighted by Crippen LogP contribution is 2.23. The van der Waals surface area contributed by atoms with Gasteiger partial charge in [-0.1, -0.05) is 0 Å². The van der Waals surface area contributed by atoms with Gasteiger partial charge in [0.1, 0.15) is 9.88 Å². The molecule has 2 N–H and O–H groups in total. The molecule has 0 aromatic carbocycles. The van der Waals surface area contributed by atoms with Crippen LogP contribution in [-0.2, 0) is 10.2 Å². The lowest BCUT2D eigenvalue weighted by Crippen LogP contribution is -2.37. The van der Waals surface area contributed by atoms with E-state index in [-0.39, 0.29) is 15.9 Å². The molecule has 0 fully saturated rings. The minimum atomic E-state index is -3.62. The Morgan fingerprint density at radius 3 is 2.47 bits per heavy atom. The summed E-state index contributed by atoms with van der Waals surface area (Å²) >= 11 is 0.880. The van der Waals surface area contributed by atoms with Gasteiger partial charge in [0.2, 0.25) is 0 Å². The largest absolute Gasteiger partial charge is 0.477 e. The molecule has 0 atom stereocenters. The van der Waals surface area contributed by atoms with Crippen molar-refractivity contribution in [3.05, 3.63) is 17.0 Å². The zero-order chi connectivity index (χ0) is 13.2. The summed E-state index contributed by atoms with van der Waals surface area (Å²) in [4.78, 5) is 10.7. The molecule has 1 heterocycles. The maximum absolute atomic E-state index is 11.8. The molecule has 0 aliphatic heterocycles. The zero-order valence-electron chi connectivity index (χ0n) is 9.67. The summed E-state index contributed by atoms with van der Waals surface area (Å²) in [5.74, 6) is -1.07. The summed E-state index contributed by atoms with van der Waals surface area (Å²) in [5.41, 5.74) is 0. The van der Waals surface area contributed by atoms with Crippen LogP contribution in [0.25, 0.3) is 0 Å². The Bertz CT molecular complexity index is 507. The molecule has 1 aromatic rings. The number of anilines is 1. The van der Waals surface area contributed by atoms with Gasteiger partial charge < -0.3 is 5.11 Å². The van der Waals surface area contributed by atoms with Crippen LogP contribution < -0.4 is 4.72 Å². The quantitative estimate of drug-likeness (QED) is 0.853. The number of hydrogen-bond acceptors (Lipinski definition) is 4. The monoisotopic (exact) mass is 278 g/mol. The second kappa shape index (κ2) is 5.03. The fourth-order valence-corrected chi connectivity index (χ4v) is 3.08.